The highest BCUT2D eigenvalue weighted by Crippen LogP contribution is 2.32. The fourth-order valence-electron chi connectivity index (χ4n) is 3.70. The van der Waals surface area contributed by atoms with Gasteiger partial charge in [0, 0.05) is 24.8 Å². The fraction of sp³-hybridized carbons (Fsp3) is 0.391. The van der Waals surface area contributed by atoms with Gasteiger partial charge in [-0.05, 0) is 49.2 Å². The van der Waals surface area contributed by atoms with Crippen LogP contribution >= 0.6 is 0 Å². The van der Waals surface area contributed by atoms with E-state index in [-0.39, 0.29) is 28.7 Å². The number of nitrogens with zero attached hydrogens (tertiary/aromatic N) is 1. The quantitative estimate of drug-likeness (QED) is 0.641. The van der Waals surface area contributed by atoms with Crippen LogP contribution in [0.2, 0.25) is 0 Å². The first-order valence-corrected chi connectivity index (χ1v) is 12.4. The van der Waals surface area contributed by atoms with Gasteiger partial charge in [0.1, 0.15) is 13.2 Å². The van der Waals surface area contributed by atoms with Crippen LogP contribution in [-0.2, 0) is 19.6 Å². The topological polar surface area (TPSA) is 111 Å². The molecule has 9 nitrogen and oxygen atoms in total. The zero-order valence-electron chi connectivity index (χ0n) is 18.1. The number of carbonyl (C=O) groups excluding carboxylic acids is 2. The molecule has 1 N–H and O–H groups in total. The van der Waals surface area contributed by atoms with Crippen molar-refractivity contribution in [1.29, 1.82) is 0 Å². The molecule has 2 aliphatic heterocycles. The second-order valence-corrected chi connectivity index (χ2v) is 9.54. The second kappa shape index (κ2) is 10.1. The van der Waals surface area contributed by atoms with Crippen molar-refractivity contribution in [2.24, 2.45) is 0 Å². The van der Waals surface area contributed by atoms with Crippen LogP contribution in [0.25, 0.3) is 0 Å². The average Bonchev–Trinajstić information content (AvgIpc) is 3.12. The first kappa shape index (κ1) is 22.9. The van der Waals surface area contributed by atoms with Crippen molar-refractivity contribution >= 4 is 27.6 Å². The number of nitrogens with one attached hydrogen (secondary N) is 1. The van der Waals surface area contributed by atoms with Crippen molar-refractivity contribution in [1.82, 2.24) is 4.90 Å². The Morgan fingerprint density at radius 1 is 0.909 bits per heavy atom. The lowest BCUT2D eigenvalue weighted by molar-refractivity contribution is -0.134. The molecule has 1 saturated heterocycles. The molecule has 4 rings (SSSR count). The third-order valence-corrected chi connectivity index (χ3v) is 6.86. The Morgan fingerprint density at radius 3 is 2.27 bits per heavy atom. The van der Waals surface area contributed by atoms with Crippen LogP contribution in [0.3, 0.4) is 0 Å². The van der Waals surface area contributed by atoms with Gasteiger partial charge in [0.2, 0.25) is 0 Å². The summed E-state index contributed by atoms with van der Waals surface area (Å²) in [6, 6.07) is 10.2. The van der Waals surface area contributed by atoms with E-state index in [1.54, 1.807) is 11.0 Å². The summed E-state index contributed by atoms with van der Waals surface area (Å²) in [6.45, 7) is 1.84. The van der Waals surface area contributed by atoms with Gasteiger partial charge in [0.25, 0.3) is 15.9 Å². The second-order valence-electron chi connectivity index (χ2n) is 7.86. The van der Waals surface area contributed by atoms with Gasteiger partial charge in [-0.15, -0.1) is 0 Å². The standard InChI is InChI=1S/C23H26N2O7S/c26-22(25-11-3-1-2-4-12-25)16-32-23(27)17-5-7-18(8-6-17)24-33(28,29)19-9-10-20-21(15-19)31-14-13-30-20/h5-10,15,24H,1-4,11-14,16H2. The van der Waals surface area contributed by atoms with Crippen molar-refractivity contribution in [3.8, 4) is 11.5 Å². The first-order valence-electron chi connectivity index (χ1n) is 10.9. The van der Waals surface area contributed by atoms with Crippen LogP contribution in [0, 0.1) is 0 Å². The molecule has 2 aliphatic rings. The summed E-state index contributed by atoms with van der Waals surface area (Å²) in [6.07, 6.45) is 4.13. The highest BCUT2D eigenvalue weighted by Gasteiger charge is 2.21. The number of rotatable bonds is 6. The zero-order chi connectivity index (χ0) is 23.3. The van der Waals surface area contributed by atoms with E-state index in [0.29, 0.717) is 37.8 Å². The lowest BCUT2D eigenvalue weighted by Gasteiger charge is -2.20. The average molecular weight is 475 g/mol. The fourth-order valence-corrected chi connectivity index (χ4v) is 4.77. The Labute approximate surface area is 192 Å². The smallest absolute Gasteiger partial charge is 0.338 e. The number of amides is 1. The maximum absolute atomic E-state index is 12.7. The zero-order valence-corrected chi connectivity index (χ0v) is 18.9. The Bertz CT molecular complexity index is 1110. The van der Waals surface area contributed by atoms with Crippen LogP contribution in [0.15, 0.2) is 47.4 Å². The van der Waals surface area contributed by atoms with E-state index >= 15 is 0 Å². The third-order valence-electron chi connectivity index (χ3n) is 5.48. The number of carbonyl (C=O) groups is 2. The number of esters is 1. The Balaban J connectivity index is 1.34. The molecule has 0 aromatic heterocycles. The molecule has 10 heteroatoms. The largest absolute Gasteiger partial charge is 0.486 e. The predicted molar refractivity (Wildman–Crippen MR) is 120 cm³/mol. The molecule has 0 aliphatic carbocycles. The monoisotopic (exact) mass is 474 g/mol. The summed E-state index contributed by atoms with van der Waals surface area (Å²) in [5.41, 5.74) is 0.503. The van der Waals surface area contributed by atoms with Crippen LogP contribution in [-0.4, -0.2) is 58.1 Å². The third kappa shape index (κ3) is 5.75. The molecule has 1 amide bonds. The molecule has 0 radical (unpaired) electrons. The minimum Gasteiger partial charge on any atom is -0.486 e. The summed E-state index contributed by atoms with van der Waals surface area (Å²) in [5, 5.41) is 0. The van der Waals surface area contributed by atoms with Crippen LogP contribution in [0.5, 0.6) is 11.5 Å². The Kier molecular flexibility index (Phi) is 7.02. The molecule has 1 fully saturated rings. The number of anilines is 1. The summed E-state index contributed by atoms with van der Waals surface area (Å²) >= 11 is 0. The summed E-state index contributed by atoms with van der Waals surface area (Å²) < 4.78 is 43.9. The van der Waals surface area contributed by atoms with E-state index in [0.717, 1.165) is 25.7 Å². The van der Waals surface area contributed by atoms with Crippen molar-refractivity contribution in [2.75, 3.05) is 37.6 Å². The number of ether oxygens (including phenoxy) is 3. The van der Waals surface area contributed by atoms with Crippen molar-refractivity contribution in [3.05, 3.63) is 48.0 Å². The molecule has 2 aromatic rings. The lowest BCUT2D eigenvalue weighted by Crippen LogP contribution is -2.35. The predicted octanol–water partition coefficient (Wildman–Crippen LogP) is 2.82. The number of hydrogen-bond donors (Lipinski definition) is 1. The Hall–Kier alpha value is -3.27. The van der Waals surface area contributed by atoms with Gasteiger partial charge < -0.3 is 19.1 Å². The minimum atomic E-state index is -3.87. The molecule has 2 aromatic carbocycles. The number of fused-ring (bicyclic) bond motifs is 1. The first-order chi connectivity index (χ1) is 15.9. The van der Waals surface area contributed by atoms with Gasteiger partial charge in [0.05, 0.1) is 10.5 Å². The van der Waals surface area contributed by atoms with Crippen molar-refractivity contribution in [3.63, 3.8) is 0 Å². The summed E-state index contributed by atoms with van der Waals surface area (Å²) in [4.78, 5) is 26.3. The molecular weight excluding hydrogens is 448 g/mol. The maximum Gasteiger partial charge on any atom is 0.338 e. The number of hydrogen-bond acceptors (Lipinski definition) is 7. The van der Waals surface area contributed by atoms with Crippen LogP contribution < -0.4 is 14.2 Å². The van der Waals surface area contributed by atoms with E-state index in [4.69, 9.17) is 14.2 Å². The highest BCUT2D eigenvalue weighted by molar-refractivity contribution is 7.92. The summed E-state index contributed by atoms with van der Waals surface area (Å²) in [7, 11) is -3.87. The highest BCUT2D eigenvalue weighted by atomic mass is 32.2. The van der Waals surface area contributed by atoms with Gasteiger partial charge in [-0.3, -0.25) is 9.52 Å². The van der Waals surface area contributed by atoms with Crippen molar-refractivity contribution < 1.29 is 32.2 Å². The van der Waals surface area contributed by atoms with Gasteiger partial charge in [0.15, 0.2) is 18.1 Å². The van der Waals surface area contributed by atoms with E-state index in [9.17, 15) is 18.0 Å². The van der Waals surface area contributed by atoms with Gasteiger partial charge in [-0.1, -0.05) is 12.8 Å². The molecular formula is C23H26N2O7S. The lowest BCUT2D eigenvalue weighted by atomic mass is 10.2. The van der Waals surface area contributed by atoms with E-state index in [2.05, 4.69) is 4.72 Å². The molecule has 176 valence electrons. The number of sulfonamides is 1. The van der Waals surface area contributed by atoms with E-state index < -0.39 is 16.0 Å². The van der Waals surface area contributed by atoms with Crippen molar-refractivity contribution in [2.45, 2.75) is 30.6 Å². The van der Waals surface area contributed by atoms with Crippen LogP contribution in [0.4, 0.5) is 5.69 Å². The number of likely N-dealkylation sites (tertiary alicyclic amines) is 1. The van der Waals surface area contributed by atoms with Gasteiger partial charge >= 0.3 is 5.97 Å². The van der Waals surface area contributed by atoms with Crippen LogP contribution in [0.1, 0.15) is 36.0 Å². The molecule has 0 bridgehead atoms. The number of benzene rings is 2. The molecule has 0 atom stereocenters. The van der Waals surface area contributed by atoms with E-state index in [1.165, 1.54) is 36.4 Å². The summed E-state index contributed by atoms with van der Waals surface area (Å²) in [5.74, 6) is 0.0304. The normalized spacial score (nSPS) is 15.9. The van der Waals surface area contributed by atoms with Gasteiger partial charge in [-0.2, -0.15) is 0 Å². The molecule has 2 heterocycles. The maximum atomic E-state index is 12.7. The molecule has 0 saturated carbocycles. The SMILES string of the molecule is O=C(OCC(=O)N1CCCCCC1)c1ccc(NS(=O)(=O)c2ccc3c(c2)OCCO3)cc1. The minimum absolute atomic E-state index is 0.0299. The Morgan fingerprint density at radius 2 is 1.58 bits per heavy atom. The molecule has 33 heavy (non-hydrogen) atoms. The molecule has 0 spiro atoms. The molecule has 0 unspecified atom stereocenters. The van der Waals surface area contributed by atoms with Gasteiger partial charge in [-0.25, -0.2) is 13.2 Å². The van der Waals surface area contributed by atoms with E-state index in [1.807, 2.05) is 0 Å².